The van der Waals surface area contributed by atoms with Crippen molar-refractivity contribution in [3.8, 4) is 0 Å². The summed E-state index contributed by atoms with van der Waals surface area (Å²) in [6.07, 6.45) is 1.80. The number of rotatable bonds is 8. The fourth-order valence-electron chi connectivity index (χ4n) is 2.27. The molecule has 4 heteroatoms. The lowest BCUT2D eigenvalue weighted by Crippen LogP contribution is -2.36. The Morgan fingerprint density at radius 3 is 2.46 bits per heavy atom. The van der Waals surface area contributed by atoms with Gasteiger partial charge in [0.1, 0.15) is 0 Å². The first-order chi connectivity index (χ1) is 11.8. The largest absolute Gasteiger partial charge is 0.372 e. The van der Waals surface area contributed by atoms with Crippen molar-refractivity contribution in [3.63, 3.8) is 0 Å². The number of ether oxygens (including phenoxy) is 1. The van der Waals surface area contributed by atoms with Gasteiger partial charge in [-0.15, -0.1) is 6.58 Å². The summed E-state index contributed by atoms with van der Waals surface area (Å²) in [5.74, 6) is 0.764. The van der Waals surface area contributed by atoms with Crippen molar-refractivity contribution >= 4 is 5.96 Å². The highest BCUT2D eigenvalue weighted by atomic mass is 16.5. The summed E-state index contributed by atoms with van der Waals surface area (Å²) in [6, 6.07) is 18.6. The van der Waals surface area contributed by atoms with Gasteiger partial charge in [-0.05, 0) is 16.7 Å². The first kappa shape index (κ1) is 17.8. The molecule has 126 valence electrons. The molecule has 2 aromatic rings. The molecule has 0 saturated carbocycles. The smallest absolute Gasteiger partial charge is 0.191 e. The molecule has 0 aliphatic heterocycles. The van der Waals surface area contributed by atoms with Crippen LogP contribution in [0.4, 0.5) is 0 Å². The summed E-state index contributed by atoms with van der Waals surface area (Å²) in [4.78, 5) is 4.17. The fraction of sp³-hybridized carbons (Fsp3) is 0.250. The Bertz CT molecular complexity index is 653. The van der Waals surface area contributed by atoms with Gasteiger partial charge < -0.3 is 15.4 Å². The maximum absolute atomic E-state index is 5.79. The molecule has 0 heterocycles. The van der Waals surface area contributed by atoms with Gasteiger partial charge in [0.25, 0.3) is 0 Å². The van der Waals surface area contributed by atoms with Gasteiger partial charge in [0.15, 0.2) is 5.96 Å². The van der Waals surface area contributed by atoms with Gasteiger partial charge in [0.05, 0.1) is 13.2 Å². The van der Waals surface area contributed by atoms with E-state index in [9.17, 15) is 0 Å². The highest BCUT2D eigenvalue weighted by Crippen LogP contribution is 2.09. The lowest BCUT2D eigenvalue weighted by molar-refractivity contribution is 0.107. The summed E-state index contributed by atoms with van der Waals surface area (Å²) in [5.41, 5.74) is 3.55. The number of aliphatic imine (C=N–C) groups is 1. The average Bonchev–Trinajstić information content (AvgIpc) is 2.63. The van der Waals surface area contributed by atoms with Gasteiger partial charge in [0.2, 0.25) is 0 Å². The minimum atomic E-state index is 0.603. The first-order valence-corrected chi connectivity index (χ1v) is 8.06. The Kier molecular flexibility index (Phi) is 7.57. The highest BCUT2D eigenvalue weighted by molar-refractivity contribution is 5.79. The maximum Gasteiger partial charge on any atom is 0.191 e. The third-order valence-electron chi connectivity index (χ3n) is 3.47. The van der Waals surface area contributed by atoms with E-state index in [2.05, 4.69) is 58.6 Å². The molecule has 2 aromatic carbocycles. The maximum atomic E-state index is 5.79. The van der Waals surface area contributed by atoms with Crippen LogP contribution in [-0.4, -0.2) is 19.6 Å². The lowest BCUT2D eigenvalue weighted by atomic mass is 10.1. The van der Waals surface area contributed by atoms with Gasteiger partial charge >= 0.3 is 0 Å². The Balaban J connectivity index is 1.81. The van der Waals surface area contributed by atoms with Crippen LogP contribution in [0.25, 0.3) is 0 Å². The molecular weight excluding hydrogens is 298 g/mol. The second kappa shape index (κ2) is 10.2. The van der Waals surface area contributed by atoms with Crippen molar-refractivity contribution in [2.24, 2.45) is 4.99 Å². The van der Waals surface area contributed by atoms with Gasteiger partial charge in [-0.25, -0.2) is 0 Å². The van der Waals surface area contributed by atoms with Crippen LogP contribution in [0.1, 0.15) is 16.7 Å². The number of nitrogens with zero attached hydrogens (tertiary/aromatic N) is 1. The summed E-state index contributed by atoms with van der Waals surface area (Å²) in [6.45, 7) is 6.32. The zero-order chi connectivity index (χ0) is 17.0. The van der Waals surface area contributed by atoms with Crippen LogP contribution < -0.4 is 10.6 Å². The normalized spacial score (nSPS) is 11.1. The van der Waals surface area contributed by atoms with Crippen LogP contribution in [0.15, 0.2) is 72.2 Å². The molecule has 0 saturated heterocycles. The molecule has 0 aliphatic carbocycles. The third-order valence-corrected chi connectivity index (χ3v) is 3.47. The minimum Gasteiger partial charge on any atom is -0.372 e. The van der Waals surface area contributed by atoms with E-state index in [4.69, 9.17) is 4.74 Å². The summed E-state index contributed by atoms with van der Waals surface area (Å²) >= 11 is 0. The quantitative estimate of drug-likeness (QED) is 0.445. The van der Waals surface area contributed by atoms with Crippen LogP contribution in [0, 0.1) is 0 Å². The second-order valence-electron chi connectivity index (χ2n) is 5.39. The molecule has 0 fully saturated rings. The molecule has 2 N–H and O–H groups in total. The van der Waals surface area contributed by atoms with Gasteiger partial charge in [-0.1, -0.05) is 60.7 Å². The second-order valence-corrected chi connectivity index (χ2v) is 5.39. The lowest BCUT2D eigenvalue weighted by Gasteiger charge is -2.11. The summed E-state index contributed by atoms with van der Waals surface area (Å²) in [7, 11) is 1.76. The minimum absolute atomic E-state index is 0.603. The molecule has 4 nitrogen and oxygen atoms in total. The van der Waals surface area contributed by atoms with E-state index < -0.39 is 0 Å². The van der Waals surface area contributed by atoms with Crippen molar-refractivity contribution in [3.05, 3.63) is 83.9 Å². The van der Waals surface area contributed by atoms with Gasteiger partial charge in [0, 0.05) is 20.1 Å². The van der Waals surface area contributed by atoms with Crippen molar-refractivity contribution in [1.82, 2.24) is 10.6 Å². The number of guanidine groups is 1. The van der Waals surface area contributed by atoms with Gasteiger partial charge in [-0.3, -0.25) is 4.99 Å². The zero-order valence-corrected chi connectivity index (χ0v) is 14.2. The Labute approximate surface area is 144 Å². The molecule has 0 radical (unpaired) electrons. The molecule has 0 amide bonds. The van der Waals surface area contributed by atoms with Crippen molar-refractivity contribution in [1.29, 1.82) is 0 Å². The van der Waals surface area contributed by atoms with E-state index in [-0.39, 0.29) is 0 Å². The van der Waals surface area contributed by atoms with Crippen LogP contribution in [-0.2, 0) is 24.5 Å². The molecule has 2 rings (SSSR count). The van der Waals surface area contributed by atoms with E-state index in [0.717, 1.165) is 5.96 Å². The van der Waals surface area contributed by atoms with E-state index in [1.165, 1.54) is 16.7 Å². The predicted octanol–water partition coefficient (Wildman–Crippen LogP) is 3.25. The van der Waals surface area contributed by atoms with E-state index in [1.54, 1.807) is 13.1 Å². The molecular formula is C20H25N3O. The van der Waals surface area contributed by atoms with Gasteiger partial charge in [-0.2, -0.15) is 0 Å². The summed E-state index contributed by atoms with van der Waals surface area (Å²) in [5, 5.41) is 6.43. The average molecular weight is 323 g/mol. The fourth-order valence-corrected chi connectivity index (χ4v) is 2.27. The van der Waals surface area contributed by atoms with Crippen molar-refractivity contribution < 1.29 is 4.74 Å². The SMILES string of the molecule is C=CCNC(=NC)NCc1cccc(COCc2ccccc2)c1. The standard InChI is InChI=1S/C20H25N3O/c1-3-12-22-20(21-2)23-14-18-10-7-11-19(13-18)16-24-15-17-8-5-4-6-9-17/h3-11,13H,1,12,14-16H2,2H3,(H2,21,22,23). The predicted molar refractivity (Wildman–Crippen MR) is 99.8 cm³/mol. The molecule has 24 heavy (non-hydrogen) atoms. The van der Waals surface area contributed by atoms with Crippen LogP contribution in [0.2, 0.25) is 0 Å². The molecule has 0 aliphatic rings. The van der Waals surface area contributed by atoms with Crippen molar-refractivity contribution in [2.45, 2.75) is 19.8 Å². The van der Waals surface area contributed by atoms with Crippen molar-refractivity contribution in [2.75, 3.05) is 13.6 Å². The number of hydrogen-bond donors (Lipinski definition) is 2. The molecule has 0 spiro atoms. The Morgan fingerprint density at radius 1 is 1.00 bits per heavy atom. The molecule has 0 aromatic heterocycles. The topological polar surface area (TPSA) is 45.7 Å². The molecule has 0 bridgehead atoms. The molecule has 0 unspecified atom stereocenters. The van der Waals surface area contributed by atoms with Crippen LogP contribution in [0.3, 0.4) is 0 Å². The van der Waals surface area contributed by atoms with E-state index in [0.29, 0.717) is 26.3 Å². The third kappa shape index (κ3) is 6.26. The first-order valence-electron chi connectivity index (χ1n) is 8.06. The van der Waals surface area contributed by atoms with Crippen LogP contribution >= 0.6 is 0 Å². The number of nitrogens with one attached hydrogen (secondary N) is 2. The summed E-state index contributed by atoms with van der Waals surface area (Å²) < 4.78 is 5.79. The van der Waals surface area contributed by atoms with E-state index in [1.807, 2.05) is 18.2 Å². The zero-order valence-electron chi connectivity index (χ0n) is 14.2. The molecule has 0 atom stereocenters. The van der Waals surface area contributed by atoms with Crippen LogP contribution in [0.5, 0.6) is 0 Å². The van der Waals surface area contributed by atoms with E-state index >= 15 is 0 Å². The Morgan fingerprint density at radius 2 is 1.71 bits per heavy atom. The Hall–Kier alpha value is -2.59. The highest BCUT2D eigenvalue weighted by Gasteiger charge is 2.00. The number of benzene rings is 2. The number of hydrogen-bond acceptors (Lipinski definition) is 2. The monoisotopic (exact) mass is 323 g/mol.